The van der Waals surface area contributed by atoms with Crippen molar-refractivity contribution in [2.24, 2.45) is 5.10 Å². The molecule has 4 rings (SSSR count). The number of halogens is 1. The maximum atomic E-state index is 13.1. The van der Waals surface area contributed by atoms with Crippen LogP contribution >= 0.6 is 11.6 Å². The summed E-state index contributed by atoms with van der Waals surface area (Å²) in [6, 6.07) is 32.2. The summed E-state index contributed by atoms with van der Waals surface area (Å²) >= 11 is 6.21. The first-order chi connectivity index (χ1) is 17.2. The van der Waals surface area contributed by atoms with E-state index in [1.165, 1.54) is 0 Å². The van der Waals surface area contributed by atoms with Gasteiger partial charge in [0.15, 0.2) is 11.5 Å². The summed E-state index contributed by atoms with van der Waals surface area (Å²) in [4.78, 5) is 13.1. The maximum Gasteiger partial charge on any atom is 0.252 e. The molecule has 1 N–H and O–H groups in total. The van der Waals surface area contributed by atoms with Gasteiger partial charge in [-0.3, -0.25) is 4.79 Å². The van der Waals surface area contributed by atoms with Crippen molar-refractivity contribution in [3.05, 3.63) is 130 Å². The van der Waals surface area contributed by atoms with Gasteiger partial charge in [0.25, 0.3) is 5.91 Å². The number of nitrogens with one attached hydrogen (secondary N) is 1. The molecule has 176 valence electrons. The van der Waals surface area contributed by atoms with E-state index in [4.69, 9.17) is 21.1 Å². The number of benzene rings is 4. The van der Waals surface area contributed by atoms with E-state index in [1.807, 2.05) is 91.0 Å². The fourth-order valence-corrected chi connectivity index (χ4v) is 3.87. The van der Waals surface area contributed by atoms with Crippen LogP contribution in [0.4, 0.5) is 0 Å². The Bertz CT molecular complexity index is 1250. The van der Waals surface area contributed by atoms with E-state index in [2.05, 4.69) is 10.5 Å². The summed E-state index contributed by atoms with van der Waals surface area (Å²) in [7, 11) is 1.57. The van der Waals surface area contributed by atoms with Crippen LogP contribution in [0.2, 0.25) is 5.02 Å². The van der Waals surface area contributed by atoms with Crippen molar-refractivity contribution in [3.8, 4) is 11.5 Å². The number of ether oxygens (including phenoxy) is 2. The molecule has 0 fully saturated rings. The molecule has 5 nitrogen and oxygen atoms in total. The van der Waals surface area contributed by atoms with E-state index in [0.717, 1.165) is 22.3 Å². The summed E-state index contributed by atoms with van der Waals surface area (Å²) in [5.41, 5.74) is 6.11. The van der Waals surface area contributed by atoms with Crippen molar-refractivity contribution in [2.75, 3.05) is 7.11 Å². The lowest BCUT2D eigenvalue weighted by molar-refractivity contribution is -0.121. The fourth-order valence-electron chi connectivity index (χ4n) is 3.68. The van der Waals surface area contributed by atoms with Gasteiger partial charge in [-0.2, -0.15) is 5.10 Å². The predicted molar refractivity (Wildman–Crippen MR) is 139 cm³/mol. The van der Waals surface area contributed by atoms with Crippen LogP contribution < -0.4 is 14.9 Å². The molecule has 0 spiro atoms. The molecule has 35 heavy (non-hydrogen) atoms. The van der Waals surface area contributed by atoms with Crippen LogP contribution in [0, 0.1) is 0 Å². The maximum absolute atomic E-state index is 13.1. The normalized spacial score (nSPS) is 10.9. The van der Waals surface area contributed by atoms with Gasteiger partial charge < -0.3 is 9.47 Å². The van der Waals surface area contributed by atoms with Crippen LogP contribution in [-0.2, 0) is 11.4 Å². The zero-order chi connectivity index (χ0) is 24.5. The second-order valence-corrected chi connectivity index (χ2v) is 8.19. The third-order valence-electron chi connectivity index (χ3n) is 5.45. The van der Waals surface area contributed by atoms with Gasteiger partial charge in [0, 0.05) is 10.6 Å². The Labute approximate surface area is 210 Å². The standard InChI is InChI=1S/C29H25ClN2O3/c1-34-27-18-21(16-17-26(27)35-20-24-14-8-9-15-25(24)30)19-31-32-29(33)28(22-10-4-2-5-11-22)23-12-6-3-7-13-23/h2-19,28H,20H2,1H3,(H,32,33)/b31-19+. The molecule has 1 amide bonds. The second kappa shape index (κ2) is 11.9. The van der Waals surface area contributed by atoms with Crippen molar-refractivity contribution in [1.82, 2.24) is 5.43 Å². The minimum absolute atomic E-state index is 0.217. The average Bonchev–Trinajstić information content (AvgIpc) is 2.90. The third kappa shape index (κ3) is 6.28. The van der Waals surface area contributed by atoms with Crippen molar-refractivity contribution >= 4 is 23.7 Å². The topological polar surface area (TPSA) is 59.9 Å². The van der Waals surface area contributed by atoms with Crippen LogP contribution in [-0.4, -0.2) is 19.2 Å². The monoisotopic (exact) mass is 484 g/mol. The summed E-state index contributed by atoms with van der Waals surface area (Å²) in [6.45, 7) is 0.319. The molecule has 0 saturated carbocycles. The molecule has 0 saturated heterocycles. The Kier molecular flexibility index (Phi) is 8.15. The molecule has 0 aromatic heterocycles. The number of hydrazone groups is 1. The van der Waals surface area contributed by atoms with Gasteiger partial charge in [-0.1, -0.05) is 90.5 Å². The molecule has 0 aliphatic rings. The van der Waals surface area contributed by atoms with Crippen molar-refractivity contribution in [2.45, 2.75) is 12.5 Å². The molecule has 0 aliphatic carbocycles. The summed E-state index contributed by atoms with van der Waals surface area (Å²) in [5.74, 6) is 0.454. The molecular weight excluding hydrogens is 460 g/mol. The second-order valence-electron chi connectivity index (χ2n) is 7.78. The van der Waals surface area contributed by atoms with E-state index in [9.17, 15) is 4.79 Å². The lowest BCUT2D eigenvalue weighted by Crippen LogP contribution is -2.26. The largest absolute Gasteiger partial charge is 0.493 e. The lowest BCUT2D eigenvalue weighted by atomic mass is 9.91. The van der Waals surface area contributed by atoms with E-state index >= 15 is 0 Å². The van der Waals surface area contributed by atoms with E-state index in [0.29, 0.717) is 23.1 Å². The molecule has 0 bridgehead atoms. The SMILES string of the molecule is COc1cc(/C=N/NC(=O)C(c2ccccc2)c2ccccc2)ccc1OCc1ccccc1Cl. The number of carbonyl (C=O) groups is 1. The number of nitrogens with zero attached hydrogens (tertiary/aromatic N) is 1. The first-order valence-corrected chi connectivity index (χ1v) is 11.5. The first kappa shape index (κ1) is 24.0. The van der Waals surface area contributed by atoms with Crippen LogP contribution in [0.1, 0.15) is 28.2 Å². The van der Waals surface area contributed by atoms with E-state index < -0.39 is 5.92 Å². The molecule has 0 aliphatic heterocycles. The number of rotatable bonds is 9. The number of methoxy groups -OCH3 is 1. The average molecular weight is 485 g/mol. The van der Waals surface area contributed by atoms with Crippen LogP contribution in [0.3, 0.4) is 0 Å². The zero-order valence-corrected chi connectivity index (χ0v) is 20.0. The Morgan fingerprint density at radius 3 is 2.14 bits per heavy atom. The fraction of sp³-hybridized carbons (Fsp3) is 0.103. The number of carbonyl (C=O) groups excluding carboxylic acids is 1. The summed E-state index contributed by atoms with van der Waals surface area (Å²) < 4.78 is 11.4. The number of hydrogen-bond acceptors (Lipinski definition) is 4. The summed E-state index contributed by atoms with van der Waals surface area (Å²) in [5, 5.41) is 4.83. The Morgan fingerprint density at radius 1 is 0.886 bits per heavy atom. The van der Waals surface area contributed by atoms with E-state index in [1.54, 1.807) is 25.5 Å². The van der Waals surface area contributed by atoms with E-state index in [-0.39, 0.29) is 5.91 Å². The Morgan fingerprint density at radius 2 is 1.51 bits per heavy atom. The van der Waals surface area contributed by atoms with Crippen LogP contribution in [0.15, 0.2) is 108 Å². The first-order valence-electron chi connectivity index (χ1n) is 11.1. The number of amides is 1. The highest BCUT2D eigenvalue weighted by Gasteiger charge is 2.22. The quantitative estimate of drug-likeness (QED) is 0.227. The lowest BCUT2D eigenvalue weighted by Gasteiger charge is -2.16. The van der Waals surface area contributed by atoms with Crippen LogP contribution in [0.25, 0.3) is 0 Å². The molecule has 6 heteroatoms. The van der Waals surface area contributed by atoms with Gasteiger partial charge in [-0.05, 0) is 41.0 Å². The van der Waals surface area contributed by atoms with Gasteiger partial charge in [0.05, 0.1) is 19.2 Å². The molecule has 0 radical (unpaired) electrons. The summed E-state index contributed by atoms with van der Waals surface area (Å²) in [6.07, 6.45) is 1.57. The van der Waals surface area contributed by atoms with Gasteiger partial charge >= 0.3 is 0 Å². The Balaban J connectivity index is 1.45. The minimum Gasteiger partial charge on any atom is -0.493 e. The van der Waals surface area contributed by atoms with Crippen molar-refractivity contribution in [1.29, 1.82) is 0 Å². The molecule has 0 atom stereocenters. The highest BCUT2D eigenvalue weighted by Crippen LogP contribution is 2.29. The van der Waals surface area contributed by atoms with Crippen molar-refractivity contribution in [3.63, 3.8) is 0 Å². The van der Waals surface area contributed by atoms with Crippen LogP contribution in [0.5, 0.6) is 11.5 Å². The third-order valence-corrected chi connectivity index (χ3v) is 5.81. The van der Waals surface area contributed by atoms with Crippen molar-refractivity contribution < 1.29 is 14.3 Å². The zero-order valence-electron chi connectivity index (χ0n) is 19.2. The molecule has 0 heterocycles. The predicted octanol–water partition coefficient (Wildman–Crippen LogP) is 6.21. The van der Waals surface area contributed by atoms with Gasteiger partial charge in [-0.25, -0.2) is 5.43 Å². The van der Waals surface area contributed by atoms with Gasteiger partial charge in [0.2, 0.25) is 0 Å². The van der Waals surface area contributed by atoms with Gasteiger partial charge in [-0.15, -0.1) is 0 Å². The highest BCUT2D eigenvalue weighted by atomic mass is 35.5. The van der Waals surface area contributed by atoms with Gasteiger partial charge in [0.1, 0.15) is 6.61 Å². The molecular formula is C29H25ClN2O3. The minimum atomic E-state index is -0.468. The Hall–Kier alpha value is -4.09. The molecule has 4 aromatic carbocycles. The smallest absolute Gasteiger partial charge is 0.252 e. The highest BCUT2D eigenvalue weighted by molar-refractivity contribution is 6.31. The molecule has 0 unspecified atom stereocenters. The number of hydrogen-bond donors (Lipinski definition) is 1. The molecule has 4 aromatic rings.